The van der Waals surface area contributed by atoms with Crippen LogP contribution in [0.1, 0.15) is 40.0 Å². The zero-order chi connectivity index (χ0) is 21.3. The smallest absolute Gasteiger partial charge is 0.337 e. The molecule has 0 bridgehead atoms. The number of aromatic carboxylic acids is 1. The number of rotatable bonds is 4. The first-order valence-electron chi connectivity index (χ1n) is 9.04. The molecule has 1 heterocycles. The van der Waals surface area contributed by atoms with Crippen molar-refractivity contribution in [3.63, 3.8) is 0 Å². The molecule has 0 radical (unpaired) electrons. The van der Waals surface area contributed by atoms with E-state index in [1.54, 1.807) is 12.1 Å². The topological polar surface area (TPSA) is 78.9 Å². The van der Waals surface area contributed by atoms with Crippen molar-refractivity contribution in [3.05, 3.63) is 76.0 Å². The second kappa shape index (κ2) is 8.05. The summed E-state index contributed by atoms with van der Waals surface area (Å²) in [4.78, 5) is 25.7. The van der Waals surface area contributed by atoms with E-state index in [4.69, 9.17) is 22.1 Å². The molecule has 0 saturated heterocycles. The van der Waals surface area contributed by atoms with Crippen LogP contribution >= 0.6 is 12.2 Å². The molecule has 1 atom stereocenters. The highest BCUT2D eigenvalue weighted by Crippen LogP contribution is 2.35. The highest BCUT2D eigenvalue weighted by molar-refractivity contribution is 7.80. The van der Waals surface area contributed by atoms with Gasteiger partial charge in [0.1, 0.15) is 0 Å². The molecule has 150 valence electrons. The number of methoxy groups -OCH3 is 1. The standard InChI is InChI=1S/C22H22N2O4S/c1-12-5-6-13(2)17(11-12)24-14(3)18(21(27)28-4)19(23-22(24)29)15-7-9-16(10-8-15)20(25)26/h5-11,19H,1-4H3,(H,23,29)(H,25,26)/t19-/m1/s1. The summed E-state index contributed by atoms with van der Waals surface area (Å²) >= 11 is 5.64. The van der Waals surface area contributed by atoms with Gasteiger partial charge in [0, 0.05) is 5.70 Å². The highest BCUT2D eigenvalue weighted by atomic mass is 32.1. The number of hydrogen-bond acceptors (Lipinski definition) is 4. The van der Waals surface area contributed by atoms with Crippen molar-refractivity contribution in [2.45, 2.75) is 26.8 Å². The highest BCUT2D eigenvalue weighted by Gasteiger charge is 2.35. The van der Waals surface area contributed by atoms with Crippen molar-refractivity contribution in [2.75, 3.05) is 12.0 Å². The monoisotopic (exact) mass is 410 g/mol. The summed E-state index contributed by atoms with van der Waals surface area (Å²) < 4.78 is 5.05. The van der Waals surface area contributed by atoms with E-state index in [1.807, 2.05) is 43.9 Å². The van der Waals surface area contributed by atoms with Gasteiger partial charge in [0.15, 0.2) is 5.11 Å². The van der Waals surface area contributed by atoms with Crippen molar-refractivity contribution in [1.82, 2.24) is 5.32 Å². The van der Waals surface area contributed by atoms with E-state index in [-0.39, 0.29) is 5.56 Å². The molecule has 0 amide bonds. The summed E-state index contributed by atoms with van der Waals surface area (Å²) in [5, 5.41) is 12.8. The molecule has 29 heavy (non-hydrogen) atoms. The summed E-state index contributed by atoms with van der Waals surface area (Å²) in [6.45, 7) is 5.81. The Kier molecular flexibility index (Phi) is 5.70. The van der Waals surface area contributed by atoms with Gasteiger partial charge < -0.3 is 15.2 Å². The van der Waals surface area contributed by atoms with E-state index < -0.39 is 18.0 Å². The Morgan fingerprint density at radius 2 is 1.76 bits per heavy atom. The SMILES string of the molecule is COC(=O)C1=C(C)N(c2cc(C)ccc2C)C(=S)N[C@@H]1c1ccc(C(=O)O)cc1. The zero-order valence-electron chi connectivity index (χ0n) is 16.6. The average Bonchev–Trinajstić information content (AvgIpc) is 2.69. The van der Waals surface area contributed by atoms with Crippen LogP contribution in [-0.2, 0) is 9.53 Å². The number of carboxylic acid groups (broad SMARTS) is 1. The minimum Gasteiger partial charge on any atom is -0.478 e. The molecule has 0 spiro atoms. The molecule has 1 aliphatic heterocycles. The average molecular weight is 410 g/mol. The number of carbonyl (C=O) groups excluding carboxylic acids is 1. The van der Waals surface area contributed by atoms with Crippen LogP contribution in [0.5, 0.6) is 0 Å². The van der Waals surface area contributed by atoms with Crippen LogP contribution in [0.4, 0.5) is 5.69 Å². The third kappa shape index (κ3) is 3.86. The second-order valence-corrected chi connectivity index (χ2v) is 7.31. The van der Waals surface area contributed by atoms with Crippen LogP contribution in [-0.4, -0.2) is 29.3 Å². The van der Waals surface area contributed by atoms with E-state index in [0.29, 0.717) is 16.4 Å². The molecule has 0 unspecified atom stereocenters. The van der Waals surface area contributed by atoms with Crippen LogP contribution in [0.2, 0.25) is 0 Å². The Morgan fingerprint density at radius 3 is 2.34 bits per heavy atom. The van der Waals surface area contributed by atoms with Gasteiger partial charge in [-0.05, 0) is 67.9 Å². The number of hydrogen-bond donors (Lipinski definition) is 2. The van der Waals surface area contributed by atoms with Crippen LogP contribution in [0.25, 0.3) is 0 Å². The van der Waals surface area contributed by atoms with Gasteiger partial charge in [-0.1, -0.05) is 24.3 Å². The van der Waals surface area contributed by atoms with Gasteiger partial charge in [-0.15, -0.1) is 0 Å². The zero-order valence-corrected chi connectivity index (χ0v) is 17.5. The Bertz CT molecular complexity index is 1030. The predicted octanol–water partition coefficient (Wildman–Crippen LogP) is 3.88. The van der Waals surface area contributed by atoms with Gasteiger partial charge in [0.05, 0.1) is 30.0 Å². The Hall–Kier alpha value is -3.19. The Balaban J connectivity index is 2.14. The van der Waals surface area contributed by atoms with Crippen LogP contribution < -0.4 is 10.2 Å². The van der Waals surface area contributed by atoms with Gasteiger partial charge >= 0.3 is 11.9 Å². The molecule has 2 N–H and O–H groups in total. The molecule has 6 nitrogen and oxygen atoms in total. The van der Waals surface area contributed by atoms with Crippen molar-refractivity contribution in [2.24, 2.45) is 0 Å². The molecule has 3 rings (SSSR count). The van der Waals surface area contributed by atoms with Gasteiger partial charge in [0.25, 0.3) is 0 Å². The molecule has 0 aliphatic carbocycles. The lowest BCUT2D eigenvalue weighted by Crippen LogP contribution is -2.48. The van der Waals surface area contributed by atoms with E-state index >= 15 is 0 Å². The van der Waals surface area contributed by atoms with Crippen LogP contribution in [0.3, 0.4) is 0 Å². The van der Waals surface area contributed by atoms with Crippen molar-refractivity contribution in [1.29, 1.82) is 0 Å². The maximum Gasteiger partial charge on any atom is 0.337 e. The molecular formula is C22H22N2O4S. The summed E-state index contributed by atoms with van der Waals surface area (Å²) in [5.74, 6) is -1.48. The maximum atomic E-state index is 12.7. The summed E-state index contributed by atoms with van der Waals surface area (Å²) in [6, 6.07) is 11.9. The summed E-state index contributed by atoms with van der Waals surface area (Å²) in [6.07, 6.45) is 0. The number of anilines is 1. The fourth-order valence-electron chi connectivity index (χ4n) is 3.44. The number of nitrogens with one attached hydrogen (secondary N) is 1. The number of carboxylic acids is 1. The summed E-state index contributed by atoms with van der Waals surface area (Å²) in [5.41, 5.74) is 4.97. The second-order valence-electron chi connectivity index (χ2n) is 6.93. The van der Waals surface area contributed by atoms with Crippen molar-refractivity contribution >= 4 is 35.0 Å². The number of thiocarbonyl (C=S) groups is 1. The number of aryl methyl sites for hydroxylation is 2. The lowest BCUT2D eigenvalue weighted by atomic mass is 9.93. The van der Waals surface area contributed by atoms with E-state index in [2.05, 4.69) is 5.32 Å². The maximum absolute atomic E-state index is 12.7. The molecule has 2 aromatic rings. The van der Waals surface area contributed by atoms with E-state index in [1.165, 1.54) is 19.2 Å². The van der Waals surface area contributed by atoms with Gasteiger partial charge in [-0.3, -0.25) is 4.90 Å². The molecule has 2 aromatic carbocycles. The van der Waals surface area contributed by atoms with Gasteiger partial charge in [0.2, 0.25) is 0 Å². The predicted molar refractivity (Wildman–Crippen MR) is 115 cm³/mol. The van der Waals surface area contributed by atoms with Gasteiger partial charge in [-0.2, -0.15) is 0 Å². The number of esters is 1. The summed E-state index contributed by atoms with van der Waals surface area (Å²) in [7, 11) is 1.34. The first-order valence-corrected chi connectivity index (χ1v) is 9.45. The normalized spacial score (nSPS) is 16.5. The number of benzene rings is 2. The van der Waals surface area contributed by atoms with Crippen LogP contribution in [0.15, 0.2) is 53.7 Å². The lowest BCUT2D eigenvalue weighted by molar-refractivity contribution is -0.136. The van der Waals surface area contributed by atoms with E-state index in [9.17, 15) is 9.59 Å². The van der Waals surface area contributed by atoms with Crippen molar-refractivity contribution in [3.8, 4) is 0 Å². The fourth-order valence-corrected chi connectivity index (χ4v) is 3.79. The Morgan fingerprint density at radius 1 is 1.10 bits per heavy atom. The quantitative estimate of drug-likeness (QED) is 0.585. The molecular weight excluding hydrogens is 388 g/mol. The molecule has 0 saturated carbocycles. The third-order valence-corrected chi connectivity index (χ3v) is 5.29. The number of ether oxygens (including phenoxy) is 1. The lowest BCUT2D eigenvalue weighted by Gasteiger charge is -2.38. The number of nitrogens with zero attached hydrogens (tertiary/aromatic N) is 1. The van der Waals surface area contributed by atoms with Gasteiger partial charge in [-0.25, -0.2) is 9.59 Å². The minimum atomic E-state index is -1.01. The molecule has 1 aliphatic rings. The molecule has 7 heteroatoms. The van der Waals surface area contributed by atoms with Crippen molar-refractivity contribution < 1.29 is 19.4 Å². The molecule has 0 aromatic heterocycles. The first kappa shape index (κ1) is 20.5. The fraction of sp³-hybridized carbons (Fsp3) is 0.227. The van der Waals surface area contributed by atoms with Crippen LogP contribution in [0, 0.1) is 13.8 Å². The Labute approximate surface area is 174 Å². The number of carbonyl (C=O) groups is 2. The third-order valence-electron chi connectivity index (χ3n) is 4.99. The minimum absolute atomic E-state index is 0.171. The molecule has 0 fully saturated rings. The number of allylic oxidation sites excluding steroid dienone is 1. The van der Waals surface area contributed by atoms with E-state index in [0.717, 1.165) is 22.4 Å². The first-order chi connectivity index (χ1) is 13.7. The largest absolute Gasteiger partial charge is 0.478 e.